The van der Waals surface area contributed by atoms with Crippen molar-refractivity contribution in [1.82, 2.24) is 4.57 Å². The van der Waals surface area contributed by atoms with Gasteiger partial charge >= 0.3 is 0 Å². The third-order valence-corrected chi connectivity index (χ3v) is 7.79. The predicted octanol–water partition coefficient (Wildman–Crippen LogP) is 8.74. The number of rotatable bonds is 6. The Hall–Kier alpha value is -5.36. The molecule has 0 fully saturated rings. The summed E-state index contributed by atoms with van der Waals surface area (Å²) >= 11 is 0. The molecule has 0 radical (unpaired) electrons. The van der Waals surface area contributed by atoms with E-state index in [-0.39, 0.29) is 0 Å². The van der Waals surface area contributed by atoms with Crippen LogP contribution in [0.1, 0.15) is 18.1 Å². The number of methoxy groups -OCH3 is 1. The molecule has 0 atom stereocenters. The van der Waals surface area contributed by atoms with E-state index < -0.39 is 0 Å². The Balaban J connectivity index is 1.41. The third kappa shape index (κ3) is 4.38. The van der Waals surface area contributed by atoms with Crippen molar-refractivity contribution in [3.05, 3.63) is 120 Å². The molecule has 0 amide bonds. The average Bonchev–Trinajstić information content (AvgIpc) is 3.63. The van der Waals surface area contributed by atoms with E-state index in [4.69, 9.17) is 13.6 Å². The number of nitrogens with zero attached hydrogens (tertiary/aromatic N) is 3. The number of hydrogen-bond donors (Lipinski definition) is 0. The van der Waals surface area contributed by atoms with Gasteiger partial charge in [-0.25, -0.2) is 0 Å². The van der Waals surface area contributed by atoms with Crippen molar-refractivity contribution >= 4 is 39.1 Å². The Bertz CT molecular complexity index is 2170. The Morgan fingerprint density at radius 3 is 2.24 bits per heavy atom. The van der Waals surface area contributed by atoms with Gasteiger partial charge in [0.1, 0.15) is 16.9 Å². The molecule has 3 aromatic heterocycles. The molecule has 0 aliphatic heterocycles. The molecule has 6 nitrogen and oxygen atoms in total. The summed E-state index contributed by atoms with van der Waals surface area (Å²) in [7, 11) is 1.67. The first-order chi connectivity index (χ1) is 20.6. The van der Waals surface area contributed by atoms with E-state index in [0.29, 0.717) is 5.55 Å². The zero-order valence-electron chi connectivity index (χ0n) is 23.7. The first-order valence-electron chi connectivity index (χ1n) is 14.0. The number of ether oxygens (including phenoxy) is 1. The maximum absolute atomic E-state index is 6.40. The highest BCUT2D eigenvalue weighted by molar-refractivity contribution is 6.08. The van der Waals surface area contributed by atoms with Gasteiger partial charge in [-0.05, 0) is 54.8 Å². The van der Waals surface area contributed by atoms with Gasteiger partial charge in [0.2, 0.25) is 5.55 Å². The van der Waals surface area contributed by atoms with Crippen LogP contribution in [0.25, 0.3) is 55.1 Å². The molecule has 0 aliphatic rings. The summed E-state index contributed by atoms with van der Waals surface area (Å²) in [5, 5.41) is 12.1. The molecule has 0 N–H and O–H groups in total. The topological polar surface area (TPSA) is 65.2 Å². The van der Waals surface area contributed by atoms with Gasteiger partial charge < -0.3 is 18.1 Å². The molecular weight excluding hydrogens is 522 g/mol. The fraction of sp³-hybridized carbons (Fsp3) is 0.111. The van der Waals surface area contributed by atoms with E-state index >= 15 is 0 Å². The van der Waals surface area contributed by atoms with E-state index in [0.717, 1.165) is 78.5 Å². The van der Waals surface area contributed by atoms with Crippen molar-refractivity contribution in [3.63, 3.8) is 0 Å². The van der Waals surface area contributed by atoms with Gasteiger partial charge in [-0.2, -0.15) is 5.10 Å². The van der Waals surface area contributed by atoms with Gasteiger partial charge in [-0.1, -0.05) is 60.7 Å². The van der Waals surface area contributed by atoms with Gasteiger partial charge in [-0.15, -0.1) is 5.10 Å². The minimum atomic E-state index is 0.409. The summed E-state index contributed by atoms with van der Waals surface area (Å²) in [6, 6.07) is 30.8. The van der Waals surface area contributed by atoms with Crippen LogP contribution in [0.2, 0.25) is 0 Å². The molecule has 0 saturated carbocycles. The van der Waals surface area contributed by atoms with Crippen LogP contribution >= 0.6 is 0 Å². The molecule has 42 heavy (non-hydrogen) atoms. The second-order valence-electron chi connectivity index (χ2n) is 10.2. The number of furan rings is 1. The molecule has 6 heteroatoms. The lowest BCUT2D eigenvalue weighted by Gasteiger charge is -2.09. The smallest absolute Gasteiger partial charge is 0.239 e. The number of benzene rings is 4. The highest BCUT2D eigenvalue weighted by Gasteiger charge is 2.17. The molecule has 7 rings (SSSR count). The lowest BCUT2D eigenvalue weighted by molar-refractivity contribution is 0.415. The monoisotopic (exact) mass is 551 g/mol. The van der Waals surface area contributed by atoms with Gasteiger partial charge in [-0.3, -0.25) is 0 Å². The lowest BCUT2D eigenvalue weighted by atomic mass is 9.96. The summed E-state index contributed by atoms with van der Waals surface area (Å²) < 4.78 is 20.2. The molecule has 0 aliphatic carbocycles. The molecule has 206 valence electrons. The van der Waals surface area contributed by atoms with Crippen molar-refractivity contribution in [3.8, 4) is 28.0 Å². The first kappa shape index (κ1) is 25.6. The molecule has 3 heterocycles. The summed E-state index contributed by atoms with van der Waals surface area (Å²) in [6.45, 7) is 5.00. The van der Waals surface area contributed by atoms with Crippen LogP contribution in [-0.2, 0) is 6.54 Å². The zero-order chi connectivity index (χ0) is 28.6. The normalized spacial score (nSPS) is 12.3. The van der Waals surface area contributed by atoms with Crippen LogP contribution in [0.5, 0.6) is 5.75 Å². The van der Waals surface area contributed by atoms with Gasteiger partial charge in [0.25, 0.3) is 0 Å². The lowest BCUT2D eigenvalue weighted by Crippen LogP contribution is -2.02. The zero-order valence-corrected chi connectivity index (χ0v) is 23.7. The second-order valence-corrected chi connectivity index (χ2v) is 10.2. The number of aryl methyl sites for hydroxylation is 2. The highest BCUT2D eigenvalue weighted by atomic mass is 16.5. The van der Waals surface area contributed by atoms with Crippen LogP contribution in [0.3, 0.4) is 0 Å². The van der Waals surface area contributed by atoms with Crippen LogP contribution in [-0.4, -0.2) is 17.9 Å². The molecular formula is C36H29N3O3. The Morgan fingerprint density at radius 2 is 1.52 bits per heavy atom. The summed E-state index contributed by atoms with van der Waals surface area (Å²) in [5.41, 5.74) is 9.17. The molecule has 0 spiro atoms. The van der Waals surface area contributed by atoms with Crippen molar-refractivity contribution in [2.24, 2.45) is 10.2 Å². The van der Waals surface area contributed by atoms with Crippen LogP contribution in [0.15, 0.2) is 122 Å². The fourth-order valence-electron chi connectivity index (χ4n) is 5.67. The Labute approximate surface area is 242 Å². The quantitative estimate of drug-likeness (QED) is 0.153. The molecule has 0 saturated heterocycles. The van der Waals surface area contributed by atoms with Gasteiger partial charge in [0.05, 0.1) is 19.6 Å². The van der Waals surface area contributed by atoms with Crippen LogP contribution in [0, 0.1) is 6.92 Å². The predicted molar refractivity (Wildman–Crippen MR) is 169 cm³/mol. The molecule has 0 bridgehead atoms. The van der Waals surface area contributed by atoms with Crippen molar-refractivity contribution < 1.29 is 13.6 Å². The van der Waals surface area contributed by atoms with E-state index in [2.05, 4.69) is 64.3 Å². The Morgan fingerprint density at radius 1 is 0.810 bits per heavy atom. The fourth-order valence-corrected chi connectivity index (χ4v) is 5.67. The van der Waals surface area contributed by atoms with E-state index in [1.54, 1.807) is 13.3 Å². The summed E-state index contributed by atoms with van der Waals surface area (Å²) in [6.07, 6.45) is 5.67. The van der Waals surface area contributed by atoms with Crippen LogP contribution in [0.4, 0.5) is 0 Å². The number of aromatic nitrogens is 1. The second kappa shape index (κ2) is 10.6. The summed E-state index contributed by atoms with van der Waals surface area (Å²) in [4.78, 5) is 0. The highest BCUT2D eigenvalue weighted by Crippen LogP contribution is 2.39. The van der Waals surface area contributed by atoms with Crippen molar-refractivity contribution in [1.29, 1.82) is 0 Å². The molecule has 4 aromatic carbocycles. The first-order valence-corrected chi connectivity index (χ1v) is 14.0. The van der Waals surface area contributed by atoms with Gasteiger partial charge in [0.15, 0.2) is 0 Å². The van der Waals surface area contributed by atoms with E-state index in [9.17, 15) is 0 Å². The number of hydrogen-bond acceptors (Lipinski definition) is 5. The SMILES string of the molecule is CCn1cc(/C=N\N=c2/cc(-c3ccccc3)c3cc4c(-c5ccccc5)coc4c(C)c3o2)c2cc(OC)ccc21. The minimum absolute atomic E-state index is 0.409. The molecule has 0 unspecified atom stereocenters. The Kier molecular flexibility index (Phi) is 6.44. The minimum Gasteiger partial charge on any atom is -0.497 e. The molecule has 7 aromatic rings. The maximum atomic E-state index is 6.40. The van der Waals surface area contributed by atoms with E-state index in [1.807, 2.05) is 67.8 Å². The summed E-state index contributed by atoms with van der Waals surface area (Å²) in [5.74, 6) is 0.801. The number of fused-ring (bicyclic) bond motifs is 3. The van der Waals surface area contributed by atoms with Crippen molar-refractivity contribution in [2.45, 2.75) is 20.4 Å². The maximum Gasteiger partial charge on any atom is 0.239 e. The standard InChI is InChI=1S/C36H29N3O3/c1-4-39-21-26(29-17-27(40-3)15-16-33(29)39)20-37-38-34-19-28(24-11-7-5-8-12-24)30-18-31-32(25-13-9-6-10-14-25)22-41-35(31)23(2)36(30)42-34/h5-22H,4H2,1-3H3/b37-20-,38-34+. The van der Waals surface area contributed by atoms with Crippen LogP contribution < -0.4 is 10.3 Å². The largest absolute Gasteiger partial charge is 0.497 e. The van der Waals surface area contributed by atoms with Crippen molar-refractivity contribution in [2.75, 3.05) is 7.11 Å². The van der Waals surface area contributed by atoms with E-state index in [1.165, 1.54) is 0 Å². The third-order valence-electron chi connectivity index (χ3n) is 7.79. The average molecular weight is 552 g/mol. The van der Waals surface area contributed by atoms with Gasteiger partial charge in [0, 0.05) is 57.2 Å².